The van der Waals surface area contributed by atoms with Gasteiger partial charge in [0.05, 0.1) is 16.1 Å². The molecule has 0 amide bonds. The van der Waals surface area contributed by atoms with Gasteiger partial charge >= 0.3 is 0 Å². The molecule has 2 aromatic carbocycles. The van der Waals surface area contributed by atoms with E-state index in [0.29, 0.717) is 0 Å². The summed E-state index contributed by atoms with van der Waals surface area (Å²) in [7, 11) is 0. The second-order valence-electron chi connectivity index (χ2n) is 6.16. The number of aliphatic imine (C=N–C) groups is 1. The molecule has 6 heteroatoms. The minimum absolute atomic E-state index is 0.0667. The summed E-state index contributed by atoms with van der Waals surface area (Å²) in [6.45, 7) is 4.19. The van der Waals surface area contributed by atoms with E-state index >= 15 is 0 Å². The van der Waals surface area contributed by atoms with Crippen molar-refractivity contribution < 1.29 is 4.92 Å². The molecular weight excluding hydrogens is 292 g/mol. The van der Waals surface area contributed by atoms with Crippen LogP contribution in [-0.4, -0.2) is 16.3 Å². The molecule has 1 aliphatic heterocycles. The fraction of sp³-hybridized carbons (Fsp3) is 0.235. The summed E-state index contributed by atoms with van der Waals surface area (Å²) in [5, 5.41) is 10.7. The zero-order valence-electron chi connectivity index (χ0n) is 13.0. The zero-order chi connectivity index (χ0) is 16.4. The van der Waals surface area contributed by atoms with Gasteiger partial charge < -0.3 is 0 Å². The summed E-state index contributed by atoms with van der Waals surface area (Å²) in [4.78, 5) is 15.0. The molecule has 118 valence electrons. The van der Waals surface area contributed by atoms with Gasteiger partial charge in [0.15, 0.2) is 0 Å². The smallest absolute Gasteiger partial charge is 0.269 e. The molecule has 2 N–H and O–H groups in total. The number of nitro benzene ring substituents is 1. The van der Waals surface area contributed by atoms with Crippen LogP contribution in [0.25, 0.3) is 0 Å². The number of benzene rings is 2. The van der Waals surface area contributed by atoms with Crippen molar-refractivity contribution in [1.29, 1.82) is 0 Å². The van der Waals surface area contributed by atoms with E-state index in [9.17, 15) is 10.1 Å². The molecule has 0 radical (unpaired) electrons. The number of nitro groups is 1. The quantitative estimate of drug-likeness (QED) is 0.673. The van der Waals surface area contributed by atoms with E-state index in [1.165, 1.54) is 17.7 Å². The van der Waals surface area contributed by atoms with Crippen LogP contribution in [0.2, 0.25) is 0 Å². The molecule has 2 aromatic rings. The largest absolute Gasteiger partial charge is 0.300 e. The Kier molecular flexibility index (Phi) is 3.73. The Bertz CT molecular complexity index is 766. The number of nitrogens with zero attached hydrogens (tertiary/aromatic N) is 2. The number of hydrogen-bond acceptors (Lipinski definition) is 5. The molecule has 23 heavy (non-hydrogen) atoms. The minimum Gasteiger partial charge on any atom is -0.300 e. The third-order valence-corrected chi connectivity index (χ3v) is 3.71. The highest BCUT2D eigenvalue weighted by Crippen LogP contribution is 2.26. The molecule has 0 aromatic heterocycles. The highest BCUT2D eigenvalue weighted by Gasteiger charge is 2.26. The van der Waals surface area contributed by atoms with Gasteiger partial charge in [0.25, 0.3) is 5.69 Å². The normalized spacial score (nSPS) is 15.3. The van der Waals surface area contributed by atoms with E-state index in [2.05, 4.69) is 30.8 Å². The molecular formula is C17H18N4O2. The predicted octanol–water partition coefficient (Wildman–Crippen LogP) is 3.29. The van der Waals surface area contributed by atoms with Crippen LogP contribution in [0, 0.1) is 10.1 Å². The van der Waals surface area contributed by atoms with Crippen LogP contribution in [0.15, 0.2) is 53.5 Å². The first kappa shape index (κ1) is 15.0. The number of hydrazine groups is 1. The van der Waals surface area contributed by atoms with Gasteiger partial charge in [-0.3, -0.25) is 26.0 Å². The first-order valence-corrected chi connectivity index (χ1v) is 7.39. The highest BCUT2D eigenvalue weighted by molar-refractivity contribution is 6.01. The second kappa shape index (κ2) is 5.72. The van der Waals surface area contributed by atoms with Gasteiger partial charge in [0, 0.05) is 17.7 Å². The minimum atomic E-state index is -0.415. The Hall–Kier alpha value is -2.89. The van der Waals surface area contributed by atoms with Crippen molar-refractivity contribution in [2.45, 2.75) is 25.8 Å². The summed E-state index contributed by atoms with van der Waals surface area (Å²) in [6.07, 6.45) is 0.895. The zero-order valence-corrected chi connectivity index (χ0v) is 13.0. The second-order valence-corrected chi connectivity index (χ2v) is 6.16. The van der Waals surface area contributed by atoms with E-state index in [4.69, 9.17) is 4.99 Å². The van der Waals surface area contributed by atoms with Crippen LogP contribution >= 0.6 is 0 Å². The first-order chi connectivity index (χ1) is 10.9. The van der Waals surface area contributed by atoms with Gasteiger partial charge in [-0.2, -0.15) is 0 Å². The summed E-state index contributed by atoms with van der Waals surface area (Å²) < 4.78 is 0. The van der Waals surface area contributed by atoms with Crippen molar-refractivity contribution in [3.8, 4) is 0 Å². The summed E-state index contributed by atoms with van der Waals surface area (Å²) in [5.74, 6) is 0.773. The Morgan fingerprint density at radius 3 is 2.48 bits per heavy atom. The Morgan fingerprint density at radius 1 is 1.09 bits per heavy atom. The Labute approximate surface area is 134 Å². The lowest BCUT2D eigenvalue weighted by Gasteiger charge is -2.29. The van der Waals surface area contributed by atoms with Crippen molar-refractivity contribution in [3.05, 3.63) is 69.8 Å². The molecule has 1 heterocycles. The Morgan fingerprint density at radius 2 is 1.78 bits per heavy atom. The van der Waals surface area contributed by atoms with Crippen LogP contribution in [0.3, 0.4) is 0 Å². The first-order valence-electron chi connectivity index (χ1n) is 7.39. The number of amidine groups is 1. The fourth-order valence-corrected chi connectivity index (χ4v) is 2.67. The molecule has 1 aliphatic rings. The van der Waals surface area contributed by atoms with Crippen LogP contribution in [0.1, 0.15) is 25.0 Å². The van der Waals surface area contributed by atoms with Crippen LogP contribution in [0.4, 0.5) is 11.4 Å². The predicted molar refractivity (Wildman–Crippen MR) is 90.6 cm³/mol. The topological polar surface area (TPSA) is 79.6 Å². The third-order valence-electron chi connectivity index (χ3n) is 3.71. The molecule has 3 rings (SSSR count). The number of fused-ring (bicyclic) bond motifs is 1. The van der Waals surface area contributed by atoms with E-state index in [1.54, 1.807) is 12.1 Å². The van der Waals surface area contributed by atoms with Crippen molar-refractivity contribution in [3.63, 3.8) is 0 Å². The third kappa shape index (κ3) is 3.31. The maximum absolute atomic E-state index is 10.7. The molecule has 0 bridgehead atoms. The molecule has 0 unspecified atom stereocenters. The molecule has 0 saturated heterocycles. The molecule has 6 nitrogen and oxygen atoms in total. The molecule has 0 fully saturated rings. The maximum Gasteiger partial charge on any atom is 0.269 e. The van der Waals surface area contributed by atoms with E-state index in [-0.39, 0.29) is 11.2 Å². The van der Waals surface area contributed by atoms with E-state index in [0.717, 1.165) is 23.5 Å². The van der Waals surface area contributed by atoms with Gasteiger partial charge in [0.1, 0.15) is 5.84 Å². The monoisotopic (exact) mass is 310 g/mol. The standard InChI is InChI=1S/C17H18N4O2/c1-17(2)11-12-5-3-4-6-15(12)16(18-17)20-19-13-7-9-14(10-8-13)21(22)23/h3-10,19H,11H2,1-2H3,(H,18,20). The van der Waals surface area contributed by atoms with Gasteiger partial charge in [-0.15, -0.1) is 0 Å². The SMILES string of the molecule is CC1(C)Cc2ccccc2C(NNc2ccc([N+](=O)[O-])cc2)=N1. The van der Waals surface area contributed by atoms with Crippen molar-refractivity contribution in [2.75, 3.05) is 5.43 Å². The lowest BCUT2D eigenvalue weighted by molar-refractivity contribution is -0.384. The lowest BCUT2D eigenvalue weighted by atomic mass is 9.89. The van der Waals surface area contributed by atoms with Crippen LogP contribution < -0.4 is 10.9 Å². The number of anilines is 1. The van der Waals surface area contributed by atoms with Crippen molar-refractivity contribution in [2.24, 2.45) is 4.99 Å². The van der Waals surface area contributed by atoms with E-state index < -0.39 is 4.92 Å². The van der Waals surface area contributed by atoms with E-state index in [1.807, 2.05) is 18.2 Å². The fourth-order valence-electron chi connectivity index (χ4n) is 2.67. The number of hydrogen-bond donors (Lipinski definition) is 2. The van der Waals surface area contributed by atoms with Crippen molar-refractivity contribution >= 4 is 17.2 Å². The highest BCUT2D eigenvalue weighted by atomic mass is 16.6. The molecule has 0 atom stereocenters. The average molecular weight is 310 g/mol. The van der Waals surface area contributed by atoms with Gasteiger partial charge in [-0.1, -0.05) is 24.3 Å². The summed E-state index contributed by atoms with van der Waals surface area (Å²) in [6, 6.07) is 14.4. The van der Waals surface area contributed by atoms with Crippen molar-refractivity contribution in [1.82, 2.24) is 5.43 Å². The Balaban J connectivity index is 1.79. The lowest BCUT2D eigenvalue weighted by Crippen LogP contribution is -2.38. The molecule has 0 aliphatic carbocycles. The number of nitrogens with one attached hydrogen (secondary N) is 2. The van der Waals surface area contributed by atoms with Gasteiger partial charge in [-0.05, 0) is 38.0 Å². The maximum atomic E-state index is 10.7. The van der Waals surface area contributed by atoms with Crippen LogP contribution in [0.5, 0.6) is 0 Å². The number of non-ortho nitro benzene ring substituents is 1. The number of rotatable bonds is 3. The van der Waals surface area contributed by atoms with Gasteiger partial charge in [0.2, 0.25) is 0 Å². The summed E-state index contributed by atoms with van der Waals surface area (Å²) >= 11 is 0. The summed E-state index contributed by atoms with van der Waals surface area (Å²) in [5.41, 5.74) is 9.13. The van der Waals surface area contributed by atoms with Crippen LogP contribution in [-0.2, 0) is 6.42 Å². The molecule has 0 saturated carbocycles. The molecule has 0 spiro atoms. The average Bonchev–Trinajstić information content (AvgIpc) is 2.52. The van der Waals surface area contributed by atoms with Gasteiger partial charge in [-0.25, -0.2) is 0 Å².